The highest BCUT2D eigenvalue weighted by molar-refractivity contribution is 5.99. The van der Waals surface area contributed by atoms with Crippen LogP contribution in [0.3, 0.4) is 0 Å². The average molecular weight is 402 g/mol. The number of amides is 1. The van der Waals surface area contributed by atoms with Gasteiger partial charge in [-0.05, 0) is 37.0 Å². The van der Waals surface area contributed by atoms with Gasteiger partial charge in [0, 0.05) is 63.7 Å². The Hall–Kier alpha value is -2.09. The maximum Gasteiger partial charge on any atom is 0.270 e. The first-order chi connectivity index (χ1) is 14.0. The molecule has 0 radical (unpaired) electrons. The maximum absolute atomic E-state index is 13.3. The van der Waals surface area contributed by atoms with E-state index in [4.69, 9.17) is 4.74 Å². The van der Waals surface area contributed by atoms with E-state index in [9.17, 15) is 15.0 Å². The van der Waals surface area contributed by atoms with Gasteiger partial charge < -0.3 is 29.3 Å². The highest BCUT2D eigenvalue weighted by Crippen LogP contribution is 2.29. The monoisotopic (exact) mass is 401 g/mol. The Bertz CT molecular complexity index is 872. The van der Waals surface area contributed by atoms with E-state index in [-0.39, 0.29) is 30.5 Å². The number of piperidine rings is 1. The summed E-state index contributed by atoms with van der Waals surface area (Å²) in [6, 6.07) is 7.75. The predicted molar refractivity (Wildman–Crippen MR) is 111 cm³/mol. The van der Waals surface area contributed by atoms with Gasteiger partial charge in [0.1, 0.15) is 11.4 Å². The summed E-state index contributed by atoms with van der Waals surface area (Å²) >= 11 is 0. The first kappa shape index (κ1) is 20.2. The zero-order valence-electron chi connectivity index (χ0n) is 17.3. The summed E-state index contributed by atoms with van der Waals surface area (Å²) in [5.41, 5.74) is 1.63. The normalized spacial score (nSPS) is 23.8. The zero-order valence-corrected chi connectivity index (χ0v) is 17.3. The van der Waals surface area contributed by atoms with Crippen molar-refractivity contribution < 1.29 is 19.7 Å². The second kappa shape index (κ2) is 8.34. The van der Waals surface area contributed by atoms with E-state index in [1.807, 2.05) is 40.8 Å². The van der Waals surface area contributed by atoms with E-state index >= 15 is 0 Å². The van der Waals surface area contributed by atoms with Crippen LogP contribution >= 0.6 is 0 Å². The Labute approximate surface area is 171 Å². The van der Waals surface area contributed by atoms with Crippen LogP contribution in [0.1, 0.15) is 23.3 Å². The molecule has 1 aromatic carbocycles. The zero-order chi connectivity index (χ0) is 20.5. The quantitative estimate of drug-likeness (QED) is 0.790. The maximum atomic E-state index is 13.3. The number of aryl methyl sites for hydroxylation is 1. The fraction of sp³-hybridized carbons (Fsp3) is 0.591. The molecule has 2 saturated heterocycles. The fourth-order valence-electron chi connectivity index (χ4n) is 4.76. The van der Waals surface area contributed by atoms with Gasteiger partial charge in [-0.25, -0.2) is 0 Å². The van der Waals surface area contributed by atoms with E-state index < -0.39 is 0 Å². The van der Waals surface area contributed by atoms with Crippen molar-refractivity contribution in [1.29, 1.82) is 0 Å². The Balaban J connectivity index is 1.49. The predicted octanol–water partition coefficient (Wildman–Crippen LogP) is 1.32. The van der Waals surface area contributed by atoms with E-state index in [1.54, 1.807) is 7.11 Å². The molecule has 2 atom stereocenters. The lowest BCUT2D eigenvalue weighted by Gasteiger charge is -2.32. The first-order valence-corrected chi connectivity index (χ1v) is 10.4. The van der Waals surface area contributed by atoms with E-state index in [0.717, 1.165) is 49.1 Å². The van der Waals surface area contributed by atoms with Crippen LogP contribution in [-0.2, 0) is 7.05 Å². The van der Waals surface area contributed by atoms with Crippen LogP contribution in [0.15, 0.2) is 24.3 Å². The largest absolute Gasteiger partial charge is 0.497 e. The van der Waals surface area contributed by atoms with Gasteiger partial charge in [-0.3, -0.25) is 4.79 Å². The number of hydrogen-bond donors (Lipinski definition) is 2. The molecule has 29 heavy (non-hydrogen) atoms. The number of aliphatic hydroxyl groups is 2. The summed E-state index contributed by atoms with van der Waals surface area (Å²) in [5, 5.41) is 20.6. The minimum Gasteiger partial charge on any atom is -0.497 e. The van der Waals surface area contributed by atoms with Crippen LogP contribution in [0.2, 0.25) is 0 Å². The molecule has 2 aromatic rings. The average Bonchev–Trinajstić information content (AvgIpc) is 3.30. The third-order valence-electron chi connectivity index (χ3n) is 6.62. The minimum absolute atomic E-state index is 0.0117. The molecule has 0 spiro atoms. The summed E-state index contributed by atoms with van der Waals surface area (Å²) in [4.78, 5) is 17.5. The van der Waals surface area contributed by atoms with Crippen molar-refractivity contribution in [2.75, 3.05) is 46.4 Å². The van der Waals surface area contributed by atoms with Gasteiger partial charge >= 0.3 is 0 Å². The van der Waals surface area contributed by atoms with Crippen LogP contribution in [0, 0.1) is 11.8 Å². The second-order valence-electron chi connectivity index (χ2n) is 8.46. The van der Waals surface area contributed by atoms with Crippen molar-refractivity contribution in [2.45, 2.75) is 18.9 Å². The number of hydrogen-bond acceptors (Lipinski definition) is 5. The summed E-state index contributed by atoms with van der Waals surface area (Å²) in [6.45, 7) is 3.98. The Morgan fingerprint density at radius 3 is 2.59 bits per heavy atom. The smallest absolute Gasteiger partial charge is 0.270 e. The summed E-state index contributed by atoms with van der Waals surface area (Å²) in [5.74, 6) is 1.14. The van der Waals surface area contributed by atoms with Gasteiger partial charge in [0.2, 0.25) is 0 Å². The SMILES string of the molecule is COc1ccc2cc(C(=O)N3CC(CO)C(CN4CCC(O)CC4)C3)n(C)c2c1. The summed E-state index contributed by atoms with van der Waals surface area (Å²) in [7, 11) is 3.55. The molecule has 7 nitrogen and oxygen atoms in total. The number of benzene rings is 1. The van der Waals surface area contributed by atoms with Gasteiger partial charge in [-0.2, -0.15) is 0 Å². The number of ether oxygens (including phenoxy) is 1. The van der Waals surface area contributed by atoms with E-state index in [2.05, 4.69) is 4.90 Å². The molecule has 2 aliphatic heterocycles. The lowest BCUT2D eigenvalue weighted by atomic mass is 9.95. The number of methoxy groups -OCH3 is 1. The number of carbonyl (C=O) groups excluding carboxylic acids is 1. The van der Waals surface area contributed by atoms with Gasteiger partial charge in [0.15, 0.2) is 0 Å². The molecule has 2 aliphatic rings. The minimum atomic E-state index is -0.188. The van der Waals surface area contributed by atoms with Crippen LogP contribution in [-0.4, -0.2) is 83.0 Å². The third kappa shape index (κ3) is 3.99. The van der Waals surface area contributed by atoms with Crippen molar-refractivity contribution in [3.63, 3.8) is 0 Å². The molecule has 3 heterocycles. The van der Waals surface area contributed by atoms with Crippen LogP contribution in [0.5, 0.6) is 5.75 Å². The van der Waals surface area contributed by atoms with Gasteiger partial charge in [0.05, 0.1) is 18.7 Å². The molecular formula is C22H31N3O4. The number of carbonyl (C=O) groups is 1. The molecule has 7 heteroatoms. The number of fused-ring (bicyclic) bond motifs is 1. The number of nitrogens with zero attached hydrogens (tertiary/aromatic N) is 3. The van der Waals surface area contributed by atoms with Crippen LogP contribution in [0.25, 0.3) is 10.9 Å². The number of aromatic nitrogens is 1. The Morgan fingerprint density at radius 1 is 1.17 bits per heavy atom. The van der Waals surface area contributed by atoms with Crippen molar-refractivity contribution in [3.05, 3.63) is 30.0 Å². The van der Waals surface area contributed by atoms with Crippen molar-refractivity contribution in [1.82, 2.24) is 14.4 Å². The topological polar surface area (TPSA) is 78.2 Å². The van der Waals surface area contributed by atoms with Crippen molar-refractivity contribution in [2.24, 2.45) is 18.9 Å². The molecule has 2 fully saturated rings. The molecule has 0 saturated carbocycles. The lowest BCUT2D eigenvalue weighted by Crippen LogP contribution is -2.40. The summed E-state index contributed by atoms with van der Waals surface area (Å²) in [6.07, 6.45) is 1.42. The van der Waals surface area contributed by atoms with Gasteiger partial charge in [-0.15, -0.1) is 0 Å². The van der Waals surface area contributed by atoms with Crippen LogP contribution < -0.4 is 4.74 Å². The molecular weight excluding hydrogens is 370 g/mol. The molecule has 1 amide bonds. The Kier molecular flexibility index (Phi) is 5.81. The summed E-state index contributed by atoms with van der Waals surface area (Å²) < 4.78 is 7.24. The van der Waals surface area contributed by atoms with Gasteiger partial charge in [-0.1, -0.05) is 0 Å². The molecule has 4 rings (SSSR count). The molecule has 0 bridgehead atoms. The lowest BCUT2D eigenvalue weighted by molar-refractivity contribution is 0.0678. The number of likely N-dealkylation sites (tertiary alicyclic amines) is 2. The first-order valence-electron chi connectivity index (χ1n) is 10.4. The van der Waals surface area contributed by atoms with Crippen LogP contribution in [0.4, 0.5) is 0 Å². The van der Waals surface area contributed by atoms with E-state index in [1.165, 1.54) is 0 Å². The highest BCUT2D eigenvalue weighted by Gasteiger charge is 2.37. The standard InChI is InChI=1S/C22H31N3O4/c1-23-20-10-19(29-2)4-3-15(20)9-21(23)22(28)25-12-16(17(13-25)14-26)11-24-7-5-18(27)6-8-24/h3-4,9-10,16-18,26-27H,5-8,11-14H2,1-2H3. The fourth-order valence-corrected chi connectivity index (χ4v) is 4.76. The molecule has 0 aliphatic carbocycles. The van der Waals surface area contributed by atoms with Crippen molar-refractivity contribution >= 4 is 16.8 Å². The molecule has 2 N–H and O–H groups in total. The highest BCUT2D eigenvalue weighted by atomic mass is 16.5. The van der Waals surface area contributed by atoms with Gasteiger partial charge in [0.25, 0.3) is 5.91 Å². The Morgan fingerprint density at radius 2 is 1.90 bits per heavy atom. The third-order valence-corrected chi connectivity index (χ3v) is 6.62. The van der Waals surface area contributed by atoms with Crippen molar-refractivity contribution in [3.8, 4) is 5.75 Å². The molecule has 2 unspecified atom stereocenters. The number of aliphatic hydroxyl groups excluding tert-OH is 2. The molecule has 158 valence electrons. The van der Waals surface area contributed by atoms with E-state index in [0.29, 0.717) is 18.8 Å². The number of rotatable bonds is 5. The molecule has 1 aromatic heterocycles. The second-order valence-corrected chi connectivity index (χ2v) is 8.46.